The fraction of sp³-hybridized carbons (Fsp3) is 0.176. The molecular weight excluding hydrogens is 320 g/mol. The number of hydrogen-bond donors (Lipinski definition) is 1. The van der Waals surface area contributed by atoms with Crippen LogP contribution in [0.15, 0.2) is 47.8 Å². The predicted molar refractivity (Wildman–Crippen MR) is 92.1 cm³/mol. The van der Waals surface area contributed by atoms with Gasteiger partial charge >= 0.3 is 0 Å². The quantitative estimate of drug-likeness (QED) is 0.612. The molecule has 0 aliphatic rings. The molecule has 3 heterocycles. The summed E-state index contributed by atoms with van der Waals surface area (Å²) in [5.74, 6) is 1.14. The highest BCUT2D eigenvalue weighted by Gasteiger charge is 2.12. The van der Waals surface area contributed by atoms with E-state index in [1.807, 2.05) is 31.2 Å². The van der Waals surface area contributed by atoms with E-state index in [2.05, 4.69) is 20.1 Å². The molecule has 0 unspecified atom stereocenters. The number of fused-ring (bicyclic) bond motifs is 1. The molecular formula is C17H16N6O2. The highest BCUT2D eigenvalue weighted by Crippen LogP contribution is 2.14. The van der Waals surface area contributed by atoms with Crippen LogP contribution in [0.5, 0.6) is 5.75 Å². The molecule has 0 amide bonds. The molecule has 0 saturated heterocycles. The van der Waals surface area contributed by atoms with Gasteiger partial charge in [-0.25, -0.2) is 9.67 Å². The second kappa shape index (κ2) is 5.90. The minimum absolute atomic E-state index is 0.251. The maximum absolute atomic E-state index is 12.5. The number of H-pyrrole nitrogens is 1. The Morgan fingerprint density at radius 2 is 2.04 bits per heavy atom. The van der Waals surface area contributed by atoms with Gasteiger partial charge in [0, 0.05) is 12.7 Å². The summed E-state index contributed by atoms with van der Waals surface area (Å²) in [6.45, 7) is 2.44. The van der Waals surface area contributed by atoms with E-state index in [4.69, 9.17) is 4.74 Å². The van der Waals surface area contributed by atoms with Gasteiger partial charge < -0.3 is 9.30 Å². The van der Waals surface area contributed by atoms with Crippen molar-refractivity contribution in [3.05, 3.63) is 64.5 Å². The van der Waals surface area contributed by atoms with Crippen LogP contribution in [0.4, 0.5) is 0 Å². The van der Waals surface area contributed by atoms with Crippen LogP contribution in [0, 0.1) is 6.92 Å². The second-order valence-electron chi connectivity index (χ2n) is 5.74. The molecule has 8 nitrogen and oxygen atoms in total. The zero-order chi connectivity index (χ0) is 17.4. The van der Waals surface area contributed by atoms with Gasteiger partial charge in [-0.3, -0.25) is 9.78 Å². The Bertz CT molecular complexity index is 1090. The van der Waals surface area contributed by atoms with Crippen molar-refractivity contribution in [2.24, 2.45) is 0 Å². The third-order valence-corrected chi connectivity index (χ3v) is 3.91. The number of methoxy groups -OCH3 is 1. The largest absolute Gasteiger partial charge is 0.497 e. The van der Waals surface area contributed by atoms with Gasteiger partial charge in [-0.2, -0.15) is 10.1 Å². The summed E-state index contributed by atoms with van der Waals surface area (Å²) < 4.78 is 8.46. The van der Waals surface area contributed by atoms with E-state index < -0.39 is 0 Å². The van der Waals surface area contributed by atoms with Crippen molar-refractivity contribution in [2.45, 2.75) is 13.5 Å². The van der Waals surface area contributed by atoms with Crippen LogP contribution in [0.1, 0.15) is 11.1 Å². The minimum atomic E-state index is -0.251. The molecule has 0 aliphatic heterocycles. The number of nitrogens with zero attached hydrogens (tertiary/aromatic N) is 5. The number of aromatic amines is 1. The summed E-state index contributed by atoms with van der Waals surface area (Å²) >= 11 is 0. The molecule has 0 aliphatic carbocycles. The first-order valence-corrected chi connectivity index (χ1v) is 7.74. The number of imidazole rings is 1. The lowest BCUT2D eigenvalue weighted by Gasteiger charge is -2.06. The monoisotopic (exact) mass is 336 g/mol. The zero-order valence-electron chi connectivity index (χ0n) is 13.8. The van der Waals surface area contributed by atoms with Gasteiger partial charge in [0.2, 0.25) is 5.95 Å². The van der Waals surface area contributed by atoms with E-state index in [-0.39, 0.29) is 5.56 Å². The smallest absolute Gasteiger partial charge is 0.278 e. The van der Waals surface area contributed by atoms with Gasteiger partial charge in [0.1, 0.15) is 5.75 Å². The van der Waals surface area contributed by atoms with E-state index >= 15 is 0 Å². The van der Waals surface area contributed by atoms with E-state index in [0.717, 1.165) is 16.9 Å². The lowest BCUT2D eigenvalue weighted by Crippen LogP contribution is -2.16. The summed E-state index contributed by atoms with van der Waals surface area (Å²) in [7, 11) is 1.63. The van der Waals surface area contributed by atoms with Crippen LogP contribution >= 0.6 is 0 Å². The molecule has 0 saturated carbocycles. The van der Waals surface area contributed by atoms with Crippen molar-refractivity contribution in [2.75, 3.05) is 7.11 Å². The first-order valence-electron chi connectivity index (χ1n) is 7.74. The second-order valence-corrected chi connectivity index (χ2v) is 5.74. The number of aryl methyl sites for hydroxylation is 1. The normalized spacial score (nSPS) is 11.1. The van der Waals surface area contributed by atoms with Crippen LogP contribution in [0.25, 0.3) is 17.1 Å². The number of nitrogens with one attached hydrogen (secondary N) is 1. The Morgan fingerprint density at radius 3 is 2.72 bits per heavy atom. The van der Waals surface area contributed by atoms with Crippen LogP contribution < -0.4 is 10.3 Å². The minimum Gasteiger partial charge on any atom is -0.497 e. The van der Waals surface area contributed by atoms with Crippen molar-refractivity contribution in [3.63, 3.8) is 0 Å². The summed E-state index contributed by atoms with van der Waals surface area (Å²) in [5, 5.41) is 4.16. The van der Waals surface area contributed by atoms with Crippen LogP contribution in [-0.4, -0.2) is 36.4 Å². The topological polar surface area (TPSA) is 90.6 Å². The van der Waals surface area contributed by atoms with Crippen molar-refractivity contribution < 1.29 is 4.74 Å². The fourth-order valence-corrected chi connectivity index (χ4v) is 2.66. The van der Waals surface area contributed by atoms with Gasteiger partial charge in [0.05, 0.1) is 19.6 Å². The molecule has 4 rings (SSSR count). The molecule has 0 atom stereocenters. The number of ether oxygens (including phenoxy) is 1. The molecule has 0 spiro atoms. The summed E-state index contributed by atoms with van der Waals surface area (Å²) in [6, 6.07) is 7.67. The van der Waals surface area contributed by atoms with Crippen molar-refractivity contribution >= 4 is 11.2 Å². The molecule has 1 aromatic carbocycles. The summed E-state index contributed by atoms with van der Waals surface area (Å²) in [4.78, 5) is 24.0. The van der Waals surface area contributed by atoms with E-state index in [1.54, 1.807) is 30.4 Å². The van der Waals surface area contributed by atoms with Crippen molar-refractivity contribution in [3.8, 4) is 11.7 Å². The molecule has 126 valence electrons. The van der Waals surface area contributed by atoms with Crippen LogP contribution in [0.2, 0.25) is 0 Å². The van der Waals surface area contributed by atoms with E-state index in [1.165, 1.54) is 4.68 Å². The first-order chi connectivity index (χ1) is 12.1. The fourth-order valence-electron chi connectivity index (χ4n) is 2.66. The standard InChI is InChI=1S/C17H16N6O2/c1-11-7-19-23(8-11)17-20-15-14(16(24)21-17)22(10-18-15)9-12-3-5-13(25-2)6-4-12/h3-8,10H,9H2,1-2H3,(H,20,21,24). The number of benzene rings is 1. The van der Waals surface area contributed by atoms with E-state index in [0.29, 0.717) is 23.7 Å². The molecule has 25 heavy (non-hydrogen) atoms. The molecule has 8 heteroatoms. The predicted octanol–water partition coefficient (Wildman–Crippen LogP) is 1.67. The van der Waals surface area contributed by atoms with Gasteiger partial charge in [-0.05, 0) is 30.2 Å². The zero-order valence-corrected chi connectivity index (χ0v) is 13.8. The summed E-state index contributed by atoms with van der Waals surface area (Å²) in [6.07, 6.45) is 5.11. The van der Waals surface area contributed by atoms with Crippen molar-refractivity contribution in [1.29, 1.82) is 0 Å². The molecule has 1 N–H and O–H groups in total. The average Bonchev–Trinajstić information content (AvgIpc) is 3.22. The van der Waals surface area contributed by atoms with Crippen molar-refractivity contribution in [1.82, 2.24) is 29.3 Å². The first kappa shape index (κ1) is 15.1. The SMILES string of the molecule is COc1ccc(Cn2cnc3nc(-n4cc(C)cn4)[nH]c(=O)c32)cc1. The lowest BCUT2D eigenvalue weighted by atomic mass is 10.2. The van der Waals surface area contributed by atoms with Crippen LogP contribution in [0.3, 0.4) is 0 Å². The van der Waals surface area contributed by atoms with E-state index in [9.17, 15) is 4.79 Å². The number of hydrogen-bond acceptors (Lipinski definition) is 5. The Hall–Kier alpha value is -3.42. The Kier molecular flexibility index (Phi) is 3.57. The maximum Gasteiger partial charge on any atom is 0.278 e. The highest BCUT2D eigenvalue weighted by molar-refractivity contribution is 5.70. The average molecular weight is 336 g/mol. The third kappa shape index (κ3) is 2.78. The molecule has 0 bridgehead atoms. The number of rotatable bonds is 4. The molecule has 0 fully saturated rings. The highest BCUT2D eigenvalue weighted by atomic mass is 16.5. The Morgan fingerprint density at radius 1 is 1.24 bits per heavy atom. The molecule has 3 aromatic heterocycles. The maximum atomic E-state index is 12.5. The van der Waals surface area contributed by atoms with Gasteiger partial charge in [0.15, 0.2) is 11.2 Å². The van der Waals surface area contributed by atoms with Gasteiger partial charge in [-0.15, -0.1) is 0 Å². The molecule has 4 aromatic rings. The van der Waals surface area contributed by atoms with Crippen LogP contribution in [-0.2, 0) is 6.54 Å². The van der Waals surface area contributed by atoms with Gasteiger partial charge in [-0.1, -0.05) is 12.1 Å². The van der Waals surface area contributed by atoms with Gasteiger partial charge in [0.25, 0.3) is 5.56 Å². The Balaban J connectivity index is 1.72. The Labute approximate surface area is 142 Å². The molecule has 0 radical (unpaired) electrons. The third-order valence-electron chi connectivity index (χ3n) is 3.91. The summed E-state index contributed by atoms with van der Waals surface area (Å²) in [5.41, 5.74) is 2.59. The lowest BCUT2D eigenvalue weighted by molar-refractivity contribution is 0.414. The number of aromatic nitrogens is 6.